The van der Waals surface area contributed by atoms with E-state index in [1.165, 1.54) is 16.5 Å². The molecule has 0 saturated heterocycles. The quantitative estimate of drug-likeness (QED) is 0.801. The lowest BCUT2D eigenvalue weighted by atomic mass is 10.2. The van der Waals surface area contributed by atoms with Crippen molar-refractivity contribution < 1.29 is 0 Å². The van der Waals surface area contributed by atoms with Crippen LogP contribution in [0.25, 0.3) is 10.9 Å². The van der Waals surface area contributed by atoms with Gasteiger partial charge in [0, 0.05) is 30.7 Å². The monoisotopic (exact) mass is 332 g/mol. The van der Waals surface area contributed by atoms with Crippen LogP contribution in [0.4, 0.5) is 0 Å². The summed E-state index contributed by atoms with van der Waals surface area (Å²) in [5, 5.41) is 5.67. The second kappa shape index (κ2) is 5.07. The van der Waals surface area contributed by atoms with Gasteiger partial charge in [-0.2, -0.15) is 5.10 Å². The molecule has 3 aromatic rings. The number of aryl methyl sites for hydroxylation is 2. The molecule has 0 radical (unpaired) electrons. The number of aromatic nitrogens is 3. The number of rotatable bonds is 3. The molecule has 0 unspecified atom stereocenters. The number of hydrogen-bond acceptors (Lipinski definition) is 2. The summed E-state index contributed by atoms with van der Waals surface area (Å²) in [4.78, 5) is 0. The molecular weight excluding hydrogens is 316 g/mol. The molecule has 2 aromatic heterocycles. The van der Waals surface area contributed by atoms with E-state index in [0.29, 0.717) is 6.54 Å². The molecule has 0 spiro atoms. The van der Waals surface area contributed by atoms with Gasteiger partial charge in [-0.1, -0.05) is 18.2 Å². The average Bonchev–Trinajstić information content (AvgIpc) is 2.92. The summed E-state index contributed by atoms with van der Waals surface area (Å²) < 4.78 is 5.24. The molecule has 0 atom stereocenters. The van der Waals surface area contributed by atoms with Crippen molar-refractivity contribution in [3.8, 4) is 0 Å². The zero-order chi connectivity index (χ0) is 14.3. The molecule has 0 bridgehead atoms. The zero-order valence-corrected chi connectivity index (χ0v) is 13.2. The highest BCUT2D eigenvalue weighted by atomic mass is 79.9. The molecular formula is C15H17BrN4. The fourth-order valence-electron chi connectivity index (χ4n) is 2.63. The third-order valence-electron chi connectivity index (χ3n) is 3.67. The largest absolute Gasteiger partial charge is 0.341 e. The molecule has 0 fully saturated rings. The summed E-state index contributed by atoms with van der Waals surface area (Å²) in [6.45, 7) is 3.34. The van der Waals surface area contributed by atoms with Crippen LogP contribution in [-0.2, 0) is 20.1 Å². The third kappa shape index (κ3) is 2.07. The molecule has 0 aliphatic rings. The number of para-hydroxylation sites is 1. The van der Waals surface area contributed by atoms with E-state index >= 15 is 0 Å². The second-order valence-corrected chi connectivity index (χ2v) is 5.77. The van der Waals surface area contributed by atoms with Gasteiger partial charge in [-0.25, -0.2) is 0 Å². The topological polar surface area (TPSA) is 48.8 Å². The van der Waals surface area contributed by atoms with Crippen molar-refractivity contribution in [3.63, 3.8) is 0 Å². The Kier molecular flexibility index (Phi) is 3.40. The van der Waals surface area contributed by atoms with E-state index in [-0.39, 0.29) is 0 Å². The van der Waals surface area contributed by atoms with E-state index in [1.807, 2.05) is 18.7 Å². The molecule has 0 saturated carbocycles. The van der Waals surface area contributed by atoms with Crippen LogP contribution in [0.15, 0.2) is 34.9 Å². The van der Waals surface area contributed by atoms with Crippen LogP contribution in [-0.4, -0.2) is 14.3 Å². The van der Waals surface area contributed by atoms with E-state index in [9.17, 15) is 0 Å². The zero-order valence-electron chi connectivity index (χ0n) is 11.6. The van der Waals surface area contributed by atoms with Crippen LogP contribution in [0.5, 0.6) is 0 Å². The number of hydrogen-bond donors (Lipinski definition) is 1. The van der Waals surface area contributed by atoms with Gasteiger partial charge in [-0.15, -0.1) is 0 Å². The first-order chi connectivity index (χ1) is 9.61. The molecule has 0 amide bonds. The Morgan fingerprint density at radius 2 is 2.05 bits per heavy atom. The van der Waals surface area contributed by atoms with Crippen molar-refractivity contribution in [2.75, 3.05) is 0 Å². The molecule has 104 valence electrons. The maximum Gasteiger partial charge on any atom is 0.0739 e. The minimum Gasteiger partial charge on any atom is -0.341 e. The van der Waals surface area contributed by atoms with Gasteiger partial charge in [-0.3, -0.25) is 4.68 Å². The molecule has 0 aliphatic carbocycles. The summed E-state index contributed by atoms with van der Waals surface area (Å²) in [5.41, 5.74) is 10.4. The number of halogens is 1. The highest BCUT2D eigenvalue weighted by molar-refractivity contribution is 9.10. The lowest BCUT2D eigenvalue weighted by Crippen LogP contribution is -2.05. The van der Waals surface area contributed by atoms with E-state index in [2.05, 4.69) is 56.1 Å². The minimum atomic E-state index is 0.555. The number of nitrogens with two attached hydrogens (primary N) is 1. The number of nitrogens with zero attached hydrogens (tertiary/aromatic N) is 3. The predicted octanol–water partition coefficient (Wildman–Crippen LogP) is 2.95. The molecule has 2 N–H and O–H groups in total. The van der Waals surface area contributed by atoms with Gasteiger partial charge in [0.15, 0.2) is 0 Å². The summed E-state index contributed by atoms with van der Waals surface area (Å²) >= 11 is 3.63. The second-order valence-electron chi connectivity index (χ2n) is 4.97. The van der Waals surface area contributed by atoms with Gasteiger partial charge in [0.25, 0.3) is 0 Å². The smallest absolute Gasteiger partial charge is 0.0739 e. The average molecular weight is 333 g/mol. The van der Waals surface area contributed by atoms with E-state index in [0.717, 1.165) is 22.4 Å². The van der Waals surface area contributed by atoms with Crippen LogP contribution < -0.4 is 5.73 Å². The maximum absolute atomic E-state index is 5.85. The van der Waals surface area contributed by atoms with E-state index < -0.39 is 0 Å². The Hall–Kier alpha value is -1.59. The Bertz CT molecular complexity index is 770. The van der Waals surface area contributed by atoms with Gasteiger partial charge in [0.2, 0.25) is 0 Å². The van der Waals surface area contributed by atoms with Crippen molar-refractivity contribution in [2.45, 2.75) is 20.0 Å². The van der Waals surface area contributed by atoms with Crippen molar-refractivity contribution >= 4 is 26.8 Å². The van der Waals surface area contributed by atoms with E-state index in [4.69, 9.17) is 5.73 Å². The Labute approximate surface area is 126 Å². The lowest BCUT2D eigenvalue weighted by Gasteiger charge is -2.06. The summed E-state index contributed by atoms with van der Waals surface area (Å²) in [5.74, 6) is 0. The summed E-state index contributed by atoms with van der Waals surface area (Å²) in [7, 11) is 1.97. The van der Waals surface area contributed by atoms with Crippen LogP contribution in [0.3, 0.4) is 0 Å². The maximum atomic E-state index is 5.85. The Morgan fingerprint density at radius 3 is 2.70 bits per heavy atom. The van der Waals surface area contributed by atoms with Gasteiger partial charge in [-0.05, 0) is 34.5 Å². The van der Waals surface area contributed by atoms with Crippen molar-refractivity contribution in [2.24, 2.45) is 12.8 Å². The molecule has 4 nitrogen and oxygen atoms in total. The molecule has 5 heteroatoms. The fraction of sp³-hybridized carbons (Fsp3) is 0.267. The van der Waals surface area contributed by atoms with Crippen molar-refractivity contribution in [1.29, 1.82) is 0 Å². The first-order valence-corrected chi connectivity index (χ1v) is 7.36. The minimum absolute atomic E-state index is 0.555. The van der Waals surface area contributed by atoms with Gasteiger partial charge >= 0.3 is 0 Å². The number of benzene rings is 1. The molecule has 20 heavy (non-hydrogen) atoms. The highest BCUT2D eigenvalue weighted by Gasteiger charge is 2.13. The highest BCUT2D eigenvalue weighted by Crippen LogP contribution is 2.25. The van der Waals surface area contributed by atoms with Crippen LogP contribution in [0, 0.1) is 6.92 Å². The van der Waals surface area contributed by atoms with Crippen molar-refractivity contribution in [3.05, 3.63) is 51.9 Å². The normalized spacial score (nSPS) is 11.4. The van der Waals surface area contributed by atoms with Gasteiger partial charge < -0.3 is 10.3 Å². The van der Waals surface area contributed by atoms with Crippen LogP contribution in [0.1, 0.15) is 17.0 Å². The summed E-state index contributed by atoms with van der Waals surface area (Å²) in [6, 6.07) is 8.36. The molecule has 0 aliphatic heterocycles. The van der Waals surface area contributed by atoms with E-state index in [1.54, 1.807) is 0 Å². The Balaban J connectivity index is 2.11. The fourth-order valence-corrected chi connectivity index (χ4v) is 3.09. The predicted molar refractivity (Wildman–Crippen MR) is 84.6 cm³/mol. The molecule has 1 aromatic carbocycles. The molecule has 3 rings (SSSR count). The van der Waals surface area contributed by atoms with Gasteiger partial charge in [0.1, 0.15) is 0 Å². The van der Waals surface area contributed by atoms with Crippen molar-refractivity contribution in [1.82, 2.24) is 14.3 Å². The number of fused-ring (bicyclic) bond motifs is 1. The first-order valence-electron chi connectivity index (χ1n) is 6.56. The first kappa shape index (κ1) is 13.4. The SMILES string of the molecule is Cc1nn(C)c(Cn2cc(CN)c3ccccc32)c1Br. The Morgan fingerprint density at radius 1 is 1.30 bits per heavy atom. The third-order valence-corrected chi connectivity index (χ3v) is 4.70. The van der Waals surface area contributed by atoms with Gasteiger partial charge in [0.05, 0.1) is 22.4 Å². The van der Waals surface area contributed by atoms with Crippen LogP contribution in [0.2, 0.25) is 0 Å². The molecule has 2 heterocycles. The lowest BCUT2D eigenvalue weighted by molar-refractivity contribution is 0.671. The summed E-state index contributed by atoms with van der Waals surface area (Å²) in [6.07, 6.45) is 2.14. The standard InChI is InChI=1S/C15H17BrN4/c1-10-15(16)14(19(2)18-10)9-20-8-11(7-17)12-5-3-4-6-13(12)20/h3-6,8H,7,9,17H2,1-2H3. The van der Waals surface area contributed by atoms with Crippen LogP contribution >= 0.6 is 15.9 Å².